The summed E-state index contributed by atoms with van der Waals surface area (Å²) in [7, 11) is -1.48. The Hall–Kier alpha value is -1.87. The maximum absolute atomic E-state index is 11.9. The number of thiocarbonyl (C=S) groups is 1. The van der Waals surface area contributed by atoms with E-state index in [1.54, 1.807) is 12.1 Å². The van der Waals surface area contributed by atoms with Crippen molar-refractivity contribution in [3.63, 3.8) is 0 Å². The molecule has 3 N–H and O–H groups in total. The maximum atomic E-state index is 11.9. The predicted octanol–water partition coefficient (Wildman–Crippen LogP) is 0.244. The lowest BCUT2D eigenvalue weighted by Crippen LogP contribution is -2.25. The van der Waals surface area contributed by atoms with E-state index in [2.05, 4.69) is 9.46 Å². The molecule has 0 aliphatic carbocycles. The van der Waals surface area contributed by atoms with E-state index >= 15 is 0 Å². The average Bonchev–Trinajstić information content (AvgIpc) is 2.37. The number of nitrogens with two attached hydrogens (primary N) is 1. The number of hydrogen-bond donors (Lipinski definition) is 2. The zero-order chi connectivity index (χ0) is 15.3. The summed E-state index contributed by atoms with van der Waals surface area (Å²) in [6.45, 7) is 0. The molecule has 9 heteroatoms. The van der Waals surface area contributed by atoms with Gasteiger partial charge in [0.15, 0.2) is 5.75 Å². The van der Waals surface area contributed by atoms with Gasteiger partial charge in [-0.05, 0) is 12.1 Å². The number of carbonyl (C=O) groups is 1. The van der Waals surface area contributed by atoms with Gasteiger partial charge in [-0.15, -0.1) is 0 Å². The van der Waals surface area contributed by atoms with E-state index in [0.29, 0.717) is 5.56 Å². The van der Waals surface area contributed by atoms with Crippen molar-refractivity contribution in [2.75, 3.05) is 24.7 Å². The van der Waals surface area contributed by atoms with Crippen LogP contribution in [0.4, 0.5) is 5.69 Å². The number of benzene rings is 1. The number of rotatable bonds is 6. The molecule has 1 rings (SSSR count). The molecule has 0 saturated heterocycles. The van der Waals surface area contributed by atoms with E-state index in [0.717, 1.165) is 7.11 Å². The van der Waals surface area contributed by atoms with Gasteiger partial charge < -0.3 is 15.2 Å². The van der Waals surface area contributed by atoms with Crippen molar-refractivity contribution in [1.29, 1.82) is 0 Å². The van der Waals surface area contributed by atoms with Gasteiger partial charge in [-0.25, -0.2) is 8.42 Å². The highest BCUT2D eigenvalue weighted by Gasteiger charge is 2.21. The number of sulfonamides is 1. The number of para-hydroxylation sites is 1. The maximum Gasteiger partial charge on any atom is 0.322 e. The van der Waals surface area contributed by atoms with Crippen LogP contribution in [0, 0.1) is 0 Å². The number of esters is 1. The average molecular weight is 318 g/mol. The third-order valence-corrected chi connectivity index (χ3v) is 3.66. The smallest absolute Gasteiger partial charge is 0.322 e. The van der Waals surface area contributed by atoms with Gasteiger partial charge in [0.25, 0.3) is 0 Å². The van der Waals surface area contributed by atoms with Gasteiger partial charge in [-0.2, -0.15) is 0 Å². The third kappa shape index (κ3) is 4.07. The van der Waals surface area contributed by atoms with Gasteiger partial charge in [0.1, 0.15) is 16.4 Å². The second-order valence-electron chi connectivity index (χ2n) is 3.68. The minimum Gasteiger partial charge on any atom is -0.495 e. The Morgan fingerprint density at radius 2 is 2.05 bits per heavy atom. The van der Waals surface area contributed by atoms with Crippen molar-refractivity contribution in [2.24, 2.45) is 5.73 Å². The van der Waals surface area contributed by atoms with Gasteiger partial charge in [0.2, 0.25) is 10.0 Å². The molecule has 0 saturated carbocycles. The zero-order valence-electron chi connectivity index (χ0n) is 10.9. The molecular weight excluding hydrogens is 304 g/mol. The van der Waals surface area contributed by atoms with Crippen LogP contribution in [0.3, 0.4) is 0 Å². The summed E-state index contributed by atoms with van der Waals surface area (Å²) < 4.78 is 35.3. The molecule has 0 unspecified atom stereocenters. The van der Waals surface area contributed by atoms with Crippen molar-refractivity contribution in [3.8, 4) is 5.75 Å². The third-order valence-electron chi connectivity index (χ3n) is 2.30. The Kier molecular flexibility index (Phi) is 5.28. The van der Waals surface area contributed by atoms with E-state index in [-0.39, 0.29) is 16.4 Å². The molecule has 7 nitrogen and oxygen atoms in total. The van der Waals surface area contributed by atoms with Crippen LogP contribution in [0.2, 0.25) is 0 Å². The second kappa shape index (κ2) is 6.53. The number of nitrogens with one attached hydrogen (secondary N) is 1. The first-order valence-corrected chi connectivity index (χ1v) is 7.41. The normalized spacial score (nSPS) is 10.7. The number of methoxy groups -OCH3 is 2. The van der Waals surface area contributed by atoms with Crippen LogP contribution in [-0.2, 0) is 19.6 Å². The molecule has 0 radical (unpaired) electrons. The minimum atomic E-state index is -3.95. The summed E-state index contributed by atoms with van der Waals surface area (Å²) in [5.74, 6) is -1.47. The SMILES string of the molecule is COC(=O)CS(=O)(=O)Nc1c(OC)cccc1C(N)=S. The highest BCUT2D eigenvalue weighted by molar-refractivity contribution is 7.93. The van der Waals surface area contributed by atoms with Gasteiger partial charge >= 0.3 is 5.97 Å². The Bertz CT molecular complexity index is 628. The summed E-state index contributed by atoms with van der Waals surface area (Å²) in [5.41, 5.74) is 5.92. The molecule has 0 aliphatic heterocycles. The molecule has 1 aromatic rings. The van der Waals surface area contributed by atoms with E-state index in [4.69, 9.17) is 22.7 Å². The molecular formula is C11H14N2O5S2. The predicted molar refractivity (Wildman–Crippen MR) is 78.3 cm³/mol. The van der Waals surface area contributed by atoms with Crippen LogP contribution >= 0.6 is 12.2 Å². The first-order chi connectivity index (χ1) is 9.30. The van der Waals surface area contributed by atoms with Crippen LogP contribution in [0.15, 0.2) is 18.2 Å². The Morgan fingerprint density at radius 3 is 2.55 bits per heavy atom. The Balaban J connectivity index is 3.19. The van der Waals surface area contributed by atoms with Gasteiger partial charge in [0, 0.05) is 5.56 Å². The summed E-state index contributed by atoms with van der Waals surface area (Å²) in [5, 5.41) is 0. The topological polar surface area (TPSA) is 108 Å². The van der Waals surface area contributed by atoms with Crippen molar-refractivity contribution in [1.82, 2.24) is 0 Å². The van der Waals surface area contributed by atoms with E-state index in [1.807, 2.05) is 0 Å². The lowest BCUT2D eigenvalue weighted by atomic mass is 10.1. The summed E-state index contributed by atoms with van der Waals surface area (Å²) in [6.07, 6.45) is 0. The van der Waals surface area contributed by atoms with Crippen molar-refractivity contribution in [3.05, 3.63) is 23.8 Å². The van der Waals surface area contributed by atoms with Crippen LogP contribution in [0.25, 0.3) is 0 Å². The monoisotopic (exact) mass is 318 g/mol. The molecule has 0 spiro atoms. The fraction of sp³-hybridized carbons (Fsp3) is 0.273. The summed E-state index contributed by atoms with van der Waals surface area (Å²) in [4.78, 5) is 11.1. The standard InChI is InChI=1S/C11H14N2O5S2/c1-17-8-5-3-4-7(11(12)19)10(8)13-20(15,16)6-9(14)18-2/h3-5,13H,6H2,1-2H3,(H2,12,19). The highest BCUT2D eigenvalue weighted by Crippen LogP contribution is 2.29. The molecule has 0 atom stereocenters. The quantitative estimate of drug-likeness (QED) is 0.571. The fourth-order valence-corrected chi connectivity index (χ4v) is 2.61. The highest BCUT2D eigenvalue weighted by atomic mass is 32.2. The molecule has 0 aliphatic rings. The molecule has 1 aromatic carbocycles. The van der Waals surface area contributed by atoms with Gasteiger partial charge in [-0.3, -0.25) is 9.52 Å². The summed E-state index contributed by atoms with van der Waals surface area (Å²) >= 11 is 4.85. The molecule has 110 valence electrons. The van der Waals surface area contributed by atoms with E-state index in [1.165, 1.54) is 13.2 Å². The van der Waals surface area contributed by atoms with Gasteiger partial charge in [0.05, 0.1) is 14.2 Å². The zero-order valence-corrected chi connectivity index (χ0v) is 12.5. The fourth-order valence-electron chi connectivity index (χ4n) is 1.42. The number of carbonyl (C=O) groups excluding carboxylic acids is 1. The Labute approximate surface area is 122 Å². The van der Waals surface area contributed by atoms with Gasteiger partial charge in [-0.1, -0.05) is 18.3 Å². The number of hydrogen-bond acceptors (Lipinski definition) is 6. The molecule has 0 fully saturated rings. The van der Waals surface area contributed by atoms with Crippen LogP contribution in [-0.4, -0.2) is 39.3 Å². The molecule has 0 heterocycles. The largest absolute Gasteiger partial charge is 0.495 e. The second-order valence-corrected chi connectivity index (χ2v) is 5.85. The lowest BCUT2D eigenvalue weighted by Gasteiger charge is -2.14. The number of ether oxygens (including phenoxy) is 2. The Morgan fingerprint density at radius 1 is 1.40 bits per heavy atom. The van der Waals surface area contributed by atoms with E-state index < -0.39 is 21.7 Å². The lowest BCUT2D eigenvalue weighted by molar-refractivity contribution is -0.137. The van der Waals surface area contributed by atoms with E-state index in [9.17, 15) is 13.2 Å². The van der Waals surface area contributed by atoms with Crippen LogP contribution < -0.4 is 15.2 Å². The van der Waals surface area contributed by atoms with Crippen LogP contribution in [0.1, 0.15) is 5.56 Å². The molecule has 0 amide bonds. The number of anilines is 1. The molecule has 0 aromatic heterocycles. The summed E-state index contributed by atoms with van der Waals surface area (Å²) in [6, 6.07) is 4.70. The molecule has 0 bridgehead atoms. The minimum absolute atomic E-state index is 0.000307. The van der Waals surface area contributed by atoms with Crippen molar-refractivity contribution >= 4 is 38.9 Å². The van der Waals surface area contributed by atoms with Crippen molar-refractivity contribution in [2.45, 2.75) is 0 Å². The molecule has 20 heavy (non-hydrogen) atoms. The first-order valence-electron chi connectivity index (χ1n) is 5.35. The van der Waals surface area contributed by atoms with Crippen molar-refractivity contribution < 1.29 is 22.7 Å². The first kappa shape index (κ1) is 16.2. The van der Waals surface area contributed by atoms with Crippen LogP contribution in [0.5, 0.6) is 5.75 Å².